The average molecular weight is 237 g/mol. The molecule has 0 aliphatic carbocycles. The molecular weight excluding hydrogens is 222 g/mol. The Balaban J connectivity index is 2.81. The molecule has 1 aromatic heterocycles. The maximum Gasteiger partial charge on any atom is 0.305 e. The second kappa shape index (κ2) is 5.95. The molecule has 0 aliphatic heterocycles. The van der Waals surface area contributed by atoms with Crippen LogP contribution in [-0.4, -0.2) is 34.6 Å². The fraction of sp³-hybridized carbons (Fsp3) is 0.364. The van der Waals surface area contributed by atoms with Gasteiger partial charge in [-0.15, -0.1) is 0 Å². The monoisotopic (exact) mass is 237 g/mol. The zero-order valence-corrected chi connectivity index (χ0v) is 9.54. The number of amides is 1. The standard InChI is InChI=1S/C11H15N3O3/c1-2-14(8-3-5-13-6-4-8)11(17)9(12)7-10(15)16/h3-6,9H,2,7,12H2,1H3,(H,15,16). The van der Waals surface area contributed by atoms with Crippen molar-refractivity contribution in [3.8, 4) is 0 Å². The Morgan fingerprint density at radius 3 is 2.53 bits per heavy atom. The number of hydrogen-bond donors (Lipinski definition) is 2. The largest absolute Gasteiger partial charge is 0.481 e. The highest BCUT2D eigenvalue weighted by molar-refractivity contribution is 5.98. The molecule has 0 saturated heterocycles. The Bertz CT molecular complexity index is 394. The Kier molecular flexibility index (Phi) is 4.59. The van der Waals surface area contributed by atoms with E-state index in [0.29, 0.717) is 12.2 Å². The van der Waals surface area contributed by atoms with Crippen LogP contribution in [-0.2, 0) is 9.59 Å². The molecule has 6 nitrogen and oxygen atoms in total. The minimum Gasteiger partial charge on any atom is -0.481 e. The van der Waals surface area contributed by atoms with Crippen LogP contribution in [0.5, 0.6) is 0 Å². The summed E-state index contributed by atoms with van der Waals surface area (Å²) in [5.74, 6) is -1.49. The summed E-state index contributed by atoms with van der Waals surface area (Å²) < 4.78 is 0. The maximum absolute atomic E-state index is 11.9. The number of likely N-dealkylation sites (N-methyl/N-ethyl adjacent to an activating group) is 1. The Morgan fingerprint density at radius 1 is 1.47 bits per heavy atom. The van der Waals surface area contributed by atoms with Crippen LogP contribution in [0.4, 0.5) is 5.69 Å². The molecule has 0 spiro atoms. The molecule has 0 radical (unpaired) electrons. The predicted molar refractivity (Wildman–Crippen MR) is 62.5 cm³/mol. The number of nitrogens with zero attached hydrogens (tertiary/aromatic N) is 2. The fourth-order valence-electron chi connectivity index (χ4n) is 1.47. The summed E-state index contributed by atoms with van der Waals surface area (Å²) in [4.78, 5) is 27.7. The van der Waals surface area contributed by atoms with E-state index in [1.807, 2.05) is 0 Å². The average Bonchev–Trinajstić information content (AvgIpc) is 2.30. The number of rotatable bonds is 5. The summed E-state index contributed by atoms with van der Waals surface area (Å²) in [5, 5.41) is 8.60. The number of carboxylic acids is 1. The van der Waals surface area contributed by atoms with Crippen molar-refractivity contribution in [1.82, 2.24) is 4.98 Å². The molecule has 0 saturated carbocycles. The number of anilines is 1. The molecular formula is C11H15N3O3. The highest BCUT2D eigenvalue weighted by atomic mass is 16.4. The third-order valence-electron chi connectivity index (χ3n) is 2.27. The summed E-state index contributed by atoms with van der Waals surface area (Å²) in [7, 11) is 0. The second-order valence-electron chi connectivity index (χ2n) is 3.49. The molecule has 0 aliphatic rings. The van der Waals surface area contributed by atoms with Crippen molar-refractivity contribution in [3.05, 3.63) is 24.5 Å². The Labute approximate surface area is 99.1 Å². The lowest BCUT2D eigenvalue weighted by Gasteiger charge is -2.23. The minimum absolute atomic E-state index is 0.375. The molecule has 1 aromatic rings. The van der Waals surface area contributed by atoms with Gasteiger partial charge in [0, 0.05) is 24.6 Å². The van der Waals surface area contributed by atoms with E-state index in [1.165, 1.54) is 4.90 Å². The SMILES string of the molecule is CCN(C(=O)C(N)CC(=O)O)c1ccncc1. The van der Waals surface area contributed by atoms with Crippen LogP contribution < -0.4 is 10.6 Å². The van der Waals surface area contributed by atoms with Crippen LogP contribution in [0.15, 0.2) is 24.5 Å². The van der Waals surface area contributed by atoms with Crippen LogP contribution in [0, 0.1) is 0 Å². The van der Waals surface area contributed by atoms with Gasteiger partial charge in [0.1, 0.15) is 0 Å². The first-order valence-corrected chi connectivity index (χ1v) is 5.25. The van der Waals surface area contributed by atoms with Gasteiger partial charge in [0.15, 0.2) is 0 Å². The van der Waals surface area contributed by atoms with Gasteiger partial charge in [-0.3, -0.25) is 14.6 Å². The lowest BCUT2D eigenvalue weighted by molar-refractivity contribution is -0.139. The molecule has 1 amide bonds. The molecule has 6 heteroatoms. The minimum atomic E-state index is -1.09. The van der Waals surface area contributed by atoms with Crippen LogP contribution in [0.2, 0.25) is 0 Å². The summed E-state index contributed by atoms with van der Waals surface area (Å²) >= 11 is 0. The van der Waals surface area contributed by atoms with Gasteiger partial charge in [-0.2, -0.15) is 0 Å². The van der Waals surface area contributed by atoms with Crippen LogP contribution in [0.1, 0.15) is 13.3 Å². The molecule has 0 bridgehead atoms. The van der Waals surface area contributed by atoms with Crippen molar-refractivity contribution >= 4 is 17.6 Å². The first-order chi connectivity index (χ1) is 8.06. The molecule has 1 rings (SSSR count). The van der Waals surface area contributed by atoms with Crippen molar-refractivity contribution in [2.45, 2.75) is 19.4 Å². The Hall–Kier alpha value is -1.95. The lowest BCUT2D eigenvalue weighted by atomic mass is 10.2. The van der Waals surface area contributed by atoms with Crippen LogP contribution in [0.25, 0.3) is 0 Å². The molecule has 1 unspecified atom stereocenters. The summed E-state index contributed by atoms with van der Waals surface area (Å²) in [6, 6.07) is 2.32. The van der Waals surface area contributed by atoms with Crippen molar-refractivity contribution in [3.63, 3.8) is 0 Å². The van der Waals surface area contributed by atoms with Gasteiger partial charge < -0.3 is 15.7 Å². The second-order valence-corrected chi connectivity index (χ2v) is 3.49. The van der Waals surface area contributed by atoms with Crippen LogP contribution >= 0.6 is 0 Å². The normalized spacial score (nSPS) is 11.9. The molecule has 0 fully saturated rings. The van der Waals surface area contributed by atoms with E-state index in [-0.39, 0.29) is 6.42 Å². The highest BCUT2D eigenvalue weighted by Crippen LogP contribution is 2.13. The first kappa shape index (κ1) is 13.1. The van der Waals surface area contributed by atoms with Gasteiger partial charge in [0.05, 0.1) is 12.5 Å². The summed E-state index contributed by atoms with van der Waals surface area (Å²) in [5.41, 5.74) is 6.20. The van der Waals surface area contributed by atoms with Crippen molar-refractivity contribution in [2.75, 3.05) is 11.4 Å². The van der Waals surface area contributed by atoms with Crippen molar-refractivity contribution in [1.29, 1.82) is 0 Å². The van der Waals surface area contributed by atoms with Gasteiger partial charge in [0.2, 0.25) is 5.91 Å². The van der Waals surface area contributed by atoms with E-state index in [1.54, 1.807) is 31.5 Å². The van der Waals surface area contributed by atoms with E-state index in [4.69, 9.17) is 10.8 Å². The molecule has 0 aromatic carbocycles. The Morgan fingerprint density at radius 2 is 2.06 bits per heavy atom. The molecule has 3 N–H and O–H groups in total. The van der Waals surface area contributed by atoms with Gasteiger partial charge in [-0.25, -0.2) is 0 Å². The third-order valence-corrected chi connectivity index (χ3v) is 2.27. The number of pyridine rings is 1. The van der Waals surface area contributed by atoms with E-state index in [9.17, 15) is 9.59 Å². The molecule has 1 heterocycles. The third kappa shape index (κ3) is 3.53. The number of carbonyl (C=O) groups excluding carboxylic acids is 1. The van der Waals surface area contributed by atoms with Gasteiger partial charge in [0.25, 0.3) is 0 Å². The van der Waals surface area contributed by atoms with E-state index in [0.717, 1.165) is 0 Å². The highest BCUT2D eigenvalue weighted by Gasteiger charge is 2.23. The number of hydrogen-bond acceptors (Lipinski definition) is 4. The molecule has 17 heavy (non-hydrogen) atoms. The van der Waals surface area contributed by atoms with E-state index >= 15 is 0 Å². The zero-order chi connectivity index (χ0) is 12.8. The quantitative estimate of drug-likeness (QED) is 0.764. The summed E-state index contributed by atoms with van der Waals surface area (Å²) in [6.45, 7) is 2.22. The van der Waals surface area contributed by atoms with Crippen molar-refractivity contribution in [2.24, 2.45) is 5.73 Å². The van der Waals surface area contributed by atoms with E-state index in [2.05, 4.69) is 4.98 Å². The van der Waals surface area contributed by atoms with Crippen molar-refractivity contribution < 1.29 is 14.7 Å². The fourth-order valence-corrected chi connectivity index (χ4v) is 1.47. The number of aliphatic carboxylic acids is 1. The van der Waals surface area contributed by atoms with Gasteiger partial charge in [-0.05, 0) is 19.1 Å². The van der Waals surface area contributed by atoms with Crippen LogP contribution in [0.3, 0.4) is 0 Å². The zero-order valence-electron chi connectivity index (χ0n) is 9.54. The lowest BCUT2D eigenvalue weighted by Crippen LogP contribution is -2.45. The predicted octanol–water partition coefficient (Wildman–Crippen LogP) is 0.237. The topological polar surface area (TPSA) is 96.5 Å². The van der Waals surface area contributed by atoms with Gasteiger partial charge >= 0.3 is 5.97 Å². The summed E-state index contributed by atoms with van der Waals surface area (Å²) in [6.07, 6.45) is 2.75. The maximum atomic E-state index is 11.9. The van der Waals surface area contributed by atoms with Gasteiger partial charge in [-0.1, -0.05) is 0 Å². The van der Waals surface area contributed by atoms with E-state index < -0.39 is 17.9 Å². The number of carbonyl (C=O) groups is 2. The molecule has 1 atom stereocenters. The first-order valence-electron chi connectivity index (χ1n) is 5.25. The number of aromatic nitrogens is 1. The molecule has 92 valence electrons. The number of carboxylic acid groups (broad SMARTS) is 1. The number of nitrogens with two attached hydrogens (primary N) is 1. The smallest absolute Gasteiger partial charge is 0.305 e.